The van der Waals surface area contributed by atoms with Crippen molar-refractivity contribution in [2.45, 2.75) is 19.8 Å². The van der Waals surface area contributed by atoms with Gasteiger partial charge in [-0.05, 0) is 17.5 Å². The second-order valence-corrected chi connectivity index (χ2v) is 4.08. The van der Waals surface area contributed by atoms with Crippen molar-refractivity contribution >= 4 is 5.82 Å². The molecule has 4 heteroatoms. The highest BCUT2D eigenvalue weighted by atomic mass is 16.5. The number of nitrogens with two attached hydrogens (primary N) is 1. The lowest BCUT2D eigenvalue weighted by Gasteiger charge is -2.12. The summed E-state index contributed by atoms with van der Waals surface area (Å²) in [5.74, 6) is 2.06. The van der Waals surface area contributed by atoms with Gasteiger partial charge >= 0.3 is 0 Å². The Bertz CT molecular complexity index is 512. The molecule has 0 aliphatic heterocycles. The van der Waals surface area contributed by atoms with Crippen LogP contribution in [0, 0.1) is 0 Å². The van der Waals surface area contributed by atoms with Crippen molar-refractivity contribution in [3.05, 3.63) is 42.2 Å². The number of para-hydroxylation sites is 1. The molecule has 0 saturated carbocycles. The van der Waals surface area contributed by atoms with Crippen molar-refractivity contribution in [1.82, 2.24) is 9.97 Å². The molecule has 0 radical (unpaired) electrons. The predicted molar refractivity (Wildman–Crippen MR) is 67.0 cm³/mol. The molecule has 0 saturated heterocycles. The Labute approximate surface area is 100 Å². The Morgan fingerprint density at radius 2 is 1.94 bits per heavy atom. The van der Waals surface area contributed by atoms with Gasteiger partial charge in [-0.3, -0.25) is 0 Å². The molecule has 1 heterocycles. The number of hydrogen-bond donors (Lipinski definition) is 1. The van der Waals surface area contributed by atoms with Crippen molar-refractivity contribution in [3.8, 4) is 11.6 Å². The molecule has 2 N–H and O–H groups in total. The standard InChI is InChI=1S/C13H15N3O/c1-9(2)10-5-3-4-6-11(10)17-13-7-12(14)15-8-16-13/h3-9H,1-2H3,(H2,14,15,16). The molecule has 4 nitrogen and oxygen atoms in total. The highest BCUT2D eigenvalue weighted by molar-refractivity contribution is 5.39. The fraction of sp³-hybridized carbons (Fsp3) is 0.231. The van der Waals surface area contributed by atoms with Crippen molar-refractivity contribution < 1.29 is 4.74 Å². The Hall–Kier alpha value is -2.10. The first-order valence-corrected chi connectivity index (χ1v) is 5.51. The van der Waals surface area contributed by atoms with Crippen LogP contribution in [-0.4, -0.2) is 9.97 Å². The third-order valence-corrected chi connectivity index (χ3v) is 2.42. The van der Waals surface area contributed by atoms with E-state index < -0.39 is 0 Å². The smallest absolute Gasteiger partial charge is 0.224 e. The number of ether oxygens (including phenoxy) is 1. The summed E-state index contributed by atoms with van der Waals surface area (Å²) in [6.45, 7) is 4.24. The summed E-state index contributed by atoms with van der Waals surface area (Å²) in [5, 5.41) is 0. The molecule has 0 amide bonds. The topological polar surface area (TPSA) is 61.0 Å². The molecule has 1 aromatic carbocycles. The maximum Gasteiger partial charge on any atom is 0.224 e. The zero-order valence-corrected chi connectivity index (χ0v) is 9.92. The number of hydrogen-bond acceptors (Lipinski definition) is 4. The molecule has 2 aromatic rings. The fourth-order valence-corrected chi connectivity index (χ4v) is 1.57. The average molecular weight is 229 g/mol. The van der Waals surface area contributed by atoms with Gasteiger partial charge in [-0.2, -0.15) is 0 Å². The van der Waals surface area contributed by atoms with Crippen LogP contribution in [0.25, 0.3) is 0 Å². The molecule has 0 unspecified atom stereocenters. The number of benzene rings is 1. The van der Waals surface area contributed by atoms with Gasteiger partial charge in [0.15, 0.2) is 0 Å². The third kappa shape index (κ3) is 2.72. The molecule has 0 fully saturated rings. The second-order valence-electron chi connectivity index (χ2n) is 4.08. The Balaban J connectivity index is 2.30. The molecule has 0 atom stereocenters. The van der Waals surface area contributed by atoms with Crippen LogP contribution < -0.4 is 10.5 Å². The van der Waals surface area contributed by atoms with Gasteiger partial charge in [-0.25, -0.2) is 9.97 Å². The van der Waals surface area contributed by atoms with Crippen molar-refractivity contribution in [2.75, 3.05) is 5.73 Å². The van der Waals surface area contributed by atoms with E-state index in [1.54, 1.807) is 6.07 Å². The van der Waals surface area contributed by atoms with Gasteiger partial charge < -0.3 is 10.5 Å². The summed E-state index contributed by atoms with van der Waals surface area (Å²) < 4.78 is 5.72. The van der Waals surface area contributed by atoms with E-state index in [9.17, 15) is 0 Å². The van der Waals surface area contributed by atoms with Crippen LogP contribution in [-0.2, 0) is 0 Å². The van der Waals surface area contributed by atoms with Crippen LogP contribution in [0.3, 0.4) is 0 Å². The molecule has 88 valence electrons. The highest BCUT2D eigenvalue weighted by Crippen LogP contribution is 2.29. The van der Waals surface area contributed by atoms with Gasteiger partial charge in [0.05, 0.1) is 0 Å². The lowest BCUT2D eigenvalue weighted by atomic mass is 10.0. The van der Waals surface area contributed by atoms with E-state index in [2.05, 4.69) is 23.8 Å². The van der Waals surface area contributed by atoms with Gasteiger partial charge in [0.1, 0.15) is 17.9 Å². The van der Waals surface area contributed by atoms with Crippen LogP contribution >= 0.6 is 0 Å². The molecular weight excluding hydrogens is 214 g/mol. The molecule has 2 rings (SSSR count). The molecule has 1 aromatic heterocycles. The molecular formula is C13H15N3O. The number of nitrogens with zero attached hydrogens (tertiary/aromatic N) is 2. The lowest BCUT2D eigenvalue weighted by molar-refractivity contribution is 0.453. The first-order chi connectivity index (χ1) is 8.16. The predicted octanol–water partition coefficient (Wildman–Crippen LogP) is 2.97. The number of nitrogen functional groups attached to an aromatic ring is 1. The molecule has 0 bridgehead atoms. The number of rotatable bonds is 3. The molecule has 0 aliphatic carbocycles. The number of aromatic nitrogens is 2. The van der Waals surface area contributed by atoms with E-state index in [0.717, 1.165) is 11.3 Å². The van der Waals surface area contributed by atoms with Gasteiger partial charge in [0.25, 0.3) is 0 Å². The van der Waals surface area contributed by atoms with E-state index >= 15 is 0 Å². The van der Waals surface area contributed by atoms with E-state index in [-0.39, 0.29) is 0 Å². The largest absolute Gasteiger partial charge is 0.439 e. The van der Waals surface area contributed by atoms with E-state index in [1.807, 2.05) is 24.3 Å². The summed E-state index contributed by atoms with van der Waals surface area (Å²) in [7, 11) is 0. The average Bonchev–Trinajstić information content (AvgIpc) is 2.29. The van der Waals surface area contributed by atoms with Crippen LogP contribution in [0.2, 0.25) is 0 Å². The minimum absolute atomic E-state index is 0.394. The Morgan fingerprint density at radius 1 is 1.18 bits per heavy atom. The fourth-order valence-electron chi connectivity index (χ4n) is 1.57. The second kappa shape index (κ2) is 4.82. The van der Waals surface area contributed by atoms with Gasteiger partial charge in [-0.15, -0.1) is 0 Å². The maximum absolute atomic E-state index is 5.72. The zero-order chi connectivity index (χ0) is 12.3. The number of anilines is 1. The SMILES string of the molecule is CC(C)c1ccccc1Oc1cc(N)ncn1. The lowest BCUT2D eigenvalue weighted by Crippen LogP contribution is -1.97. The van der Waals surface area contributed by atoms with Gasteiger partial charge in [0, 0.05) is 6.07 Å². The molecule has 0 spiro atoms. The van der Waals surface area contributed by atoms with Crippen LogP contribution in [0.5, 0.6) is 11.6 Å². The Morgan fingerprint density at radius 3 is 2.65 bits per heavy atom. The normalized spacial score (nSPS) is 10.5. The van der Waals surface area contributed by atoms with Gasteiger partial charge in [-0.1, -0.05) is 32.0 Å². The monoisotopic (exact) mass is 229 g/mol. The first-order valence-electron chi connectivity index (χ1n) is 5.51. The van der Waals surface area contributed by atoms with Crippen LogP contribution in [0.1, 0.15) is 25.3 Å². The summed E-state index contributed by atoms with van der Waals surface area (Å²) in [6.07, 6.45) is 1.39. The van der Waals surface area contributed by atoms with E-state index in [1.165, 1.54) is 6.33 Å². The minimum Gasteiger partial charge on any atom is -0.439 e. The zero-order valence-electron chi connectivity index (χ0n) is 9.92. The first kappa shape index (κ1) is 11.4. The minimum atomic E-state index is 0.394. The summed E-state index contributed by atoms with van der Waals surface area (Å²) >= 11 is 0. The van der Waals surface area contributed by atoms with Crippen molar-refractivity contribution in [1.29, 1.82) is 0 Å². The quantitative estimate of drug-likeness (QED) is 0.878. The van der Waals surface area contributed by atoms with Crippen molar-refractivity contribution in [3.63, 3.8) is 0 Å². The summed E-state index contributed by atoms with van der Waals surface area (Å²) in [6, 6.07) is 9.51. The maximum atomic E-state index is 5.72. The van der Waals surface area contributed by atoms with E-state index in [0.29, 0.717) is 17.6 Å². The van der Waals surface area contributed by atoms with Crippen LogP contribution in [0.4, 0.5) is 5.82 Å². The Kier molecular flexibility index (Phi) is 3.23. The summed E-state index contributed by atoms with van der Waals surface area (Å²) in [5.41, 5.74) is 6.72. The summed E-state index contributed by atoms with van der Waals surface area (Å²) in [4.78, 5) is 7.85. The third-order valence-electron chi connectivity index (χ3n) is 2.42. The van der Waals surface area contributed by atoms with Gasteiger partial charge in [0.2, 0.25) is 5.88 Å². The molecule has 0 aliphatic rings. The van der Waals surface area contributed by atoms with Crippen molar-refractivity contribution in [2.24, 2.45) is 0 Å². The highest BCUT2D eigenvalue weighted by Gasteiger charge is 2.08. The van der Waals surface area contributed by atoms with Crippen LogP contribution in [0.15, 0.2) is 36.7 Å². The molecule has 17 heavy (non-hydrogen) atoms. The van der Waals surface area contributed by atoms with E-state index in [4.69, 9.17) is 10.5 Å².